The van der Waals surface area contributed by atoms with Gasteiger partial charge < -0.3 is 25.0 Å². The highest BCUT2D eigenvalue weighted by Gasteiger charge is 2.26. The van der Waals surface area contributed by atoms with E-state index >= 15 is 0 Å². The SMILES string of the molecule is CC(C)(C)OC(=O)N1CCN(C(N)=NCC2CCOCC2)CC1. The monoisotopic (exact) mass is 326 g/mol. The summed E-state index contributed by atoms with van der Waals surface area (Å²) in [6.07, 6.45) is 1.86. The highest BCUT2D eigenvalue weighted by molar-refractivity contribution is 5.78. The molecule has 0 aromatic carbocycles. The number of rotatable bonds is 2. The van der Waals surface area contributed by atoms with Gasteiger partial charge in [0, 0.05) is 45.9 Å². The first-order valence-corrected chi connectivity index (χ1v) is 8.46. The number of nitrogens with zero attached hydrogens (tertiary/aromatic N) is 3. The number of piperazine rings is 1. The van der Waals surface area contributed by atoms with Gasteiger partial charge in [0.15, 0.2) is 5.96 Å². The van der Waals surface area contributed by atoms with Crippen molar-refractivity contribution >= 4 is 12.1 Å². The summed E-state index contributed by atoms with van der Waals surface area (Å²) in [5.74, 6) is 1.16. The van der Waals surface area contributed by atoms with Gasteiger partial charge in [-0.05, 0) is 39.5 Å². The zero-order valence-electron chi connectivity index (χ0n) is 14.6. The molecule has 1 amide bonds. The summed E-state index contributed by atoms with van der Waals surface area (Å²) in [5.41, 5.74) is 5.64. The fraction of sp³-hybridized carbons (Fsp3) is 0.875. The summed E-state index contributed by atoms with van der Waals surface area (Å²) >= 11 is 0. The third kappa shape index (κ3) is 5.89. The molecule has 23 heavy (non-hydrogen) atoms. The molecule has 0 aromatic rings. The van der Waals surface area contributed by atoms with E-state index in [2.05, 4.69) is 4.99 Å². The van der Waals surface area contributed by atoms with Crippen molar-refractivity contribution in [3.63, 3.8) is 0 Å². The third-order valence-corrected chi connectivity index (χ3v) is 4.11. The van der Waals surface area contributed by atoms with E-state index in [-0.39, 0.29) is 6.09 Å². The van der Waals surface area contributed by atoms with Gasteiger partial charge in [-0.2, -0.15) is 0 Å². The van der Waals surface area contributed by atoms with Crippen LogP contribution in [0.15, 0.2) is 4.99 Å². The molecule has 132 valence electrons. The molecule has 0 unspecified atom stereocenters. The van der Waals surface area contributed by atoms with Crippen molar-refractivity contribution in [3.05, 3.63) is 0 Å². The van der Waals surface area contributed by atoms with E-state index in [1.54, 1.807) is 4.90 Å². The topological polar surface area (TPSA) is 80.4 Å². The van der Waals surface area contributed by atoms with E-state index in [1.165, 1.54) is 0 Å². The van der Waals surface area contributed by atoms with Gasteiger partial charge >= 0.3 is 6.09 Å². The number of hydrogen-bond donors (Lipinski definition) is 1. The molecule has 2 aliphatic rings. The Morgan fingerprint density at radius 2 is 1.74 bits per heavy atom. The Labute approximate surface area is 138 Å². The quantitative estimate of drug-likeness (QED) is 0.611. The molecule has 0 bridgehead atoms. The van der Waals surface area contributed by atoms with E-state index in [9.17, 15) is 4.79 Å². The van der Waals surface area contributed by atoms with E-state index in [0.29, 0.717) is 38.1 Å². The fourth-order valence-corrected chi connectivity index (χ4v) is 2.70. The molecule has 0 atom stereocenters. The van der Waals surface area contributed by atoms with Crippen LogP contribution in [0.4, 0.5) is 4.79 Å². The Hall–Kier alpha value is -1.50. The van der Waals surface area contributed by atoms with Crippen molar-refractivity contribution in [2.45, 2.75) is 39.2 Å². The number of aliphatic imine (C=N–C) groups is 1. The second-order valence-corrected chi connectivity index (χ2v) is 7.21. The van der Waals surface area contributed by atoms with Crippen molar-refractivity contribution in [1.82, 2.24) is 9.80 Å². The minimum Gasteiger partial charge on any atom is -0.444 e. The van der Waals surface area contributed by atoms with Gasteiger partial charge in [0.05, 0.1) is 0 Å². The van der Waals surface area contributed by atoms with Crippen LogP contribution >= 0.6 is 0 Å². The molecular formula is C16H30N4O3. The maximum Gasteiger partial charge on any atom is 0.410 e. The summed E-state index contributed by atoms with van der Waals surface area (Å²) in [5, 5.41) is 0. The van der Waals surface area contributed by atoms with Gasteiger partial charge in [-0.1, -0.05) is 0 Å². The van der Waals surface area contributed by atoms with Crippen LogP contribution in [0.1, 0.15) is 33.6 Å². The van der Waals surface area contributed by atoms with E-state index in [4.69, 9.17) is 15.2 Å². The predicted molar refractivity (Wildman–Crippen MR) is 89.4 cm³/mol. The molecule has 2 N–H and O–H groups in total. The molecule has 2 saturated heterocycles. The second-order valence-electron chi connectivity index (χ2n) is 7.21. The van der Waals surface area contributed by atoms with Crippen molar-refractivity contribution in [3.8, 4) is 0 Å². The van der Waals surface area contributed by atoms with Gasteiger partial charge in [0.2, 0.25) is 0 Å². The Morgan fingerprint density at radius 1 is 1.17 bits per heavy atom. The fourth-order valence-electron chi connectivity index (χ4n) is 2.70. The molecule has 7 nitrogen and oxygen atoms in total. The van der Waals surface area contributed by atoms with E-state index in [1.807, 2.05) is 25.7 Å². The third-order valence-electron chi connectivity index (χ3n) is 4.11. The van der Waals surface area contributed by atoms with Crippen molar-refractivity contribution in [2.24, 2.45) is 16.6 Å². The number of guanidine groups is 1. The second kappa shape index (κ2) is 7.86. The highest BCUT2D eigenvalue weighted by Crippen LogP contribution is 2.15. The molecule has 2 fully saturated rings. The minimum atomic E-state index is -0.460. The Kier molecular flexibility index (Phi) is 6.10. The maximum atomic E-state index is 12.0. The van der Waals surface area contributed by atoms with Crippen LogP contribution < -0.4 is 5.73 Å². The van der Waals surface area contributed by atoms with Crippen LogP contribution in [0, 0.1) is 5.92 Å². The smallest absolute Gasteiger partial charge is 0.410 e. The molecule has 0 aliphatic carbocycles. The van der Waals surface area contributed by atoms with Crippen LogP contribution in [0.25, 0.3) is 0 Å². The van der Waals surface area contributed by atoms with Gasteiger partial charge in [-0.3, -0.25) is 4.99 Å². The van der Waals surface area contributed by atoms with Crippen LogP contribution in [0.3, 0.4) is 0 Å². The summed E-state index contributed by atoms with van der Waals surface area (Å²) < 4.78 is 10.7. The lowest BCUT2D eigenvalue weighted by molar-refractivity contribution is 0.0186. The summed E-state index contributed by atoms with van der Waals surface area (Å²) in [6.45, 7) is 10.7. The average Bonchev–Trinajstić information content (AvgIpc) is 2.52. The van der Waals surface area contributed by atoms with Gasteiger partial charge in [-0.15, -0.1) is 0 Å². The standard InChI is InChI=1S/C16H30N4O3/c1-16(2,3)23-15(21)20-8-6-19(7-9-20)14(17)18-12-13-4-10-22-11-5-13/h13H,4-12H2,1-3H3,(H2,17,18). The molecule has 2 aliphatic heterocycles. The lowest BCUT2D eigenvalue weighted by Gasteiger charge is -2.36. The van der Waals surface area contributed by atoms with Crippen LogP contribution in [-0.4, -0.2) is 73.4 Å². The number of hydrogen-bond acceptors (Lipinski definition) is 4. The van der Waals surface area contributed by atoms with Crippen LogP contribution in [0.5, 0.6) is 0 Å². The van der Waals surface area contributed by atoms with E-state index < -0.39 is 5.60 Å². The van der Waals surface area contributed by atoms with E-state index in [0.717, 1.165) is 32.6 Å². The minimum absolute atomic E-state index is 0.255. The first-order valence-electron chi connectivity index (χ1n) is 8.46. The summed E-state index contributed by atoms with van der Waals surface area (Å²) in [6, 6.07) is 0. The lowest BCUT2D eigenvalue weighted by atomic mass is 10.0. The molecule has 0 radical (unpaired) electrons. The van der Waals surface area contributed by atoms with Gasteiger partial charge in [-0.25, -0.2) is 4.79 Å². The van der Waals surface area contributed by atoms with Crippen LogP contribution in [0.2, 0.25) is 0 Å². The first-order chi connectivity index (χ1) is 10.8. The summed E-state index contributed by atoms with van der Waals surface area (Å²) in [7, 11) is 0. The Bertz CT molecular complexity index is 420. The molecule has 0 saturated carbocycles. The highest BCUT2D eigenvalue weighted by atomic mass is 16.6. The molecule has 0 aromatic heterocycles. The normalized spacial score (nSPS) is 21.4. The Balaban J connectivity index is 1.75. The number of carbonyl (C=O) groups is 1. The number of nitrogens with two attached hydrogens (primary N) is 1. The largest absolute Gasteiger partial charge is 0.444 e. The number of ether oxygens (including phenoxy) is 2. The van der Waals surface area contributed by atoms with Gasteiger partial charge in [0.1, 0.15) is 5.60 Å². The average molecular weight is 326 g/mol. The Morgan fingerprint density at radius 3 is 2.30 bits per heavy atom. The molecule has 0 spiro atoms. The zero-order chi connectivity index (χ0) is 16.9. The molecule has 2 heterocycles. The lowest BCUT2D eigenvalue weighted by Crippen LogP contribution is -2.53. The van der Waals surface area contributed by atoms with Gasteiger partial charge in [0.25, 0.3) is 0 Å². The van der Waals surface area contributed by atoms with Crippen molar-refractivity contribution in [2.75, 3.05) is 45.9 Å². The molecular weight excluding hydrogens is 296 g/mol. The number of carbonyl (C=O) groups excluding carboxylic acids is 1. The predicted octanol–water partition coefficient (Wildman–Crippen LogP) is 1.28. The van der Waals surface area contributed by atoms with Crippen molar-refractivity contribution < 1.29 is 14.3 Å². The molecule has 7 heteroatoms. The summed E-state index contributed by atoms with van der Waals surface area (Å²) in [4.78, 5) is 20.3. The number of amides is 1. The zero-order valence-corrected chi connectivity index (χ0v) is 14.6. The maximum absolute atomic E-state index is 12.0. The molecule has 2 rings (SSSR count). The first kappa shape index (κ1) is 17.8. The van der Waals surface area contributed by atoms with Crippen LogP contribution in [-0.2, 0) is 9.47 Å². The van der Waals surface area contributed by atoms with Crippen molar-refractivity contribution in [1.29, 1.82) is 0 Å².